The van der Waals surface area contributed by atoms with Gasteiger partial charge in [0.25, 0.3) is 0 Å². The molecule has 8 heteroatoms. The number of imidazole rings is 1. The van der Waals surface area contributed by atoms with Crippen molar-refractivity contribution in [1.82, 2.24) is 20.3 Å². The quantitative estimate of drug-likeness (QED) is 0.734. The standard InChI is InChI=1S/C17H15N5OS2/c1-10(23)21-13-8-11(2-4-18-13)17-22-14(12-3-7-24-9-12)15(25-17)16-19-5-6-20-16/h3-9,11H,2H2,1H3,(H,19,20)(H,21,23). The normalized spacial score (nSPS) is 16.7. The second-order valence-electron chi connectivity index (χ2n) is 5.57. The van der Waals surface area contributed by atoms with E-state index in [2.05, 4.69) is 31.7 Å². The number of hydrogen-bond acceptors (Lipinski definition) is 6. The first-order valence-electron chi connectivity index (χ1n) is 7.75. The monoisotopic (exact) mass is 369 g/mol. The molecule has 4 heterocycles. The van der Waals surface area contributed by atoms with Crippen molar-refractivity contribution >= 4 is 34.8 Å². The number of hydrogen-bond donors (Lipinski definition) is 2. The number of amides is 1. The van der Waals surface area contributed by atoms with Crippen molar-refractivity contribution in [1.29, 1.82) is 0 Å². The van der Waals surface area contributed by atoms with Gasteiger partial charge in [0.15, 0.2) is 0 Å². The number of allylic oxidation sites excluding steroid dienone is 1. The number of carbonyl (C=O) groups excluding carboxylic acids is 1. The molecule has 0 aliphatic carbocycles. The number of H-pyrrole nitrogens is 1. The molecule has 126 valence electrons. The number of nitrogens with zero attached hydrogens (tertiary/aromatic N) is 3. The van der Waals surface area contributed by atoms with Crippen LogP contribution in [-0.2, 0) is 4.79 Å². The van der Waals surface area contributed by atoms with Crippen LogP contribution in [0.5, 0.6) is 0 Å². The molecular formula is C17H15N5OS2. The predicted molar refractivity (Wildman–Crippen MR) is 101 cm³/mol. The van der Waals surface area contributed by atoms with Gasteiger partial charge in [-0.2, -0.15) is 11.3 Å². The van der Waals surface area contributed by atoms with Crippen molar-refractivity contribution in [3.63, 3.8) is 0 Å². The Morgan fingerprint density at radius 3 is 3.08 bits per heavy atom. The second kappa shape index (κ2) is 6.73. The summed E-state index contributed by atoms with van der Waals surface area (Å²) in [5, 5.41) is 7.86. The van der Waals surface area contributed by atoms with Gasteiger partial charge in [-0.1, -0.05) is 0 Å². The van der Waals surface area contributed by atoms with E-state index in [4.69, 9.17) is 4.98 Å². The lowest BCUT2D eigenvalue weighted by molar-refractivity contribution is -0.118. The van der Waals surface area contributed by atoms with Crippen molar-refractivity contribution < 1.29 is 4.79 Å². The highest BCUT2D eigenvalue weighted by Gasteiger charge is 2.22. The number of aliphatic imine (C=N–C) groups is 1. The zero-order valence-corrected chi connectivity index (χ0v) is 15.0. The molecule has 0 saturated carbocycles. The molecule has 0 bridgehead atoms. The molecule has 0 spiro atoms. The van der Waals surface area contributed by atoms with E-state index in [1.165, 1.54) is 6.92 Å². The molecule has 0 radical (unpaired) electrons. The van der Waals surface area contributed by atoms with Crippen molar-refractivity contribution in [3.8, 4) is 22.0 Å². The molecule has 1 aliphatic heterocycles. The Hall–Kier alpha value is -2.58. The van der Waals surface area contributed by atoms with Gasteiger partial charge in [0, 0.05) is 42.4 Å². The van der Waals surface area contributed by atoms with Gasteiger partial charge < -0.3 is 10.3 Å². The van der Waals surface area contributed by atoms with Crippen LogP contribution in [0.4, 0.5) is 0 Å². The minimum atomic E-state index is -0.126. The topological polar surface area (TPSA) is 83.0 Å². The maximum atomic E-state index is 11.3. The molecule has 0 aromatic carbocycles. The lowest BCUT2D eigenvalue weighted by Gasteiger charge is -2.13. The summed E-state index contributed by atoms with van der Waals surface area (Å²) in [4.78, 5) is 29.0. The number of aromatic amines is 1. The molecule has 6 nitrogen and oxygen atoms in total. The number of carbonyl (C=O) groups is 1. The van der Waals surface area contributed by atoms with Crippen molar-refractivity contribution in [2.24, 2.45) is 4.99 Å². The van der Waals surface area contributed by atoms with Crippen LogP contribution in [0.3, 0.4) is 0 Å². The van der Waals surface area contributed by atoms with Crippen LogP contribution in [-0.4, -0.2) is 27.1 Å². The highest BCUT2D eigenvalue weighted by molar-refractivity contribution is 7.15. The maximum Gasteiger partial charge on any atom is 0.222 e. The lowest BCUT2D eigenvalue weighted by Crippen LogP contribution is -2.20. The largest absolute Gasteiger partial charge is 0.344 e. The Balaban J connectivity index is 1.74. The third-order valence-corrected chi connectivity index (χ3v) is 5.60. The fraction of sp³-hybridized carbons (Fsp3) is 0.176. The SMILES string of the molecule is CC(=O)NC1=CC(c2nc(-c3ccsc3)c(-c3ncc[nH]3)s2)CC=N1. The third kappa shape index (κ3) is 3.31. The van der Waals surface area contributed by atoms with Gasteiger partial charge in [0.05, 0.1) is 10.6 Å². The summed E-state index contributed by atoms with van der Waals surface area (Å²) in [6.07, 6.45) is 8.11. The Labute approximate surface area is 152 Å². The third-order valence-electron chi connectivity index (χ3n) is 3.72. The summed E-state index contributed by atoms with van der Waals surface area (Å²) < 4.78 is 0. The number of nitrogens with one attached hydrogen (secondary N) is 2. The minimum Gasteiger partial charge on any atom is -0.344 e. The average Bonchev–Trinajstić information content (AvgIpc) is 3.34. The number of aromatic nitrogens is 3. The zero-order chi connectivity index (χ0) is 17.2. The highest BCUT2D eigenvalue weighted by atomic mass is 32.1. The summed E-state index contributed by atoms with van der Waals surface area (Å²) in [5.41, 5.74) is 2.03. The Morgan fingerprint density at radius 2 is 2.36 bits per heavy atom. The van der Waals surface area contributed by atoms with Crippen molar-refractivity contribution in [2.45, 2.75) is 19.3 Å². The van der Waals surface area contributed by atoms with E-state index in [0.29, 0.717) is 5.82 Å². The van der Waals surface area contributed by atoms with Crippen LogP contribution in [0.1, 0.15) is 24.3 Å². The minimum absolute atomic E-state index is 0.0884. The molecule has 3 aromatic heterocycles. The van der Waals surface area contributed by atoms with E-state index in [0.717, 1.165) is 33.4 Å². The van der Waals surface area contributed by atoms with Crippen LogP contribution >= 0.6 is 22.7 Å². The van der Waals surface area contributed by atoms with Gasteiger partial charge in [0.2, 0.25) is 5.91 Å². The molecule has 1 aliphatic rings. The highest BCUT2D eigenvalue weighted by Crippen LogP contribution is 2.40. The molecule has 2 N–H and O–H groups in total. The van der Waals surface area contributed by atoms with E-state index >= 15 is 0 Å². The van der Waals surface area contributed by atoms with E-state index in [1.807, 2.05) is 23.9 Å². The first-order valence-corrected chi connectivity index (χ1v) is 9.51. The molecule has 3 aromatic rings. The molecule has 4 rings (SSSR count). The molecule has 0 fully saturated rings. The average molecular weight is 369 g/mol. The molecule has 0 saturated heterocycles. The van der Waals surface area contributed by atoms with Crippen LogP contribution < -0.4 is 5.32 Å². The summed E-state index contributed by atoms with van der Waals surface area (Å²) >= 11 is 3.27. The Bertz CT molecular complexity index is 886. The zero-order valence-electron chi connectivity index (χ0n) is 13.4. The molecule has 1 amide bonds. The van der Waals surface area contributed by atoms with Gasteiger partial charge in [-0.25, -0.2) is 15.0 Å². The van der Waals surface area contributed by atoms with E-state index in [1.54, 1.807) is 28.9 Å². The molecule has 1 atom stereocenters. The lowest BCUT2D eigenvalue weighted by atomic mass is 10.0. The Morgan fingerprint density at radius 1 is 1.44 bits per heavy atom. The molecule has 1 unspecified atom stereocenters. The Kier molecular flexibility index (Phi) is 4.29. The molecular weight excluding hydrogens is 354 g/mol. The van der Waals surface area contributed by atoms with Crippen LogP contribution in [0.15, 0.2) is 46.1 Å². The first kappa shape index (κ1) is 15.9. The van der Waals surface area contributed by atoms with Gasteiger partial charge in [-0.05, 0) is 23.9 Å². The van der Waals surface area contributed by atoms with Crippen LogP contribution in [0.25, 0.3) is 22.0 Å². The van der Waals surface area contributed by atoms with Crippen LogP contribution in [0, 0.1) is 0 Å². The fourth-order valence-corrected chi connectivity index (χ4v) is 4.40. The number of thiazole rings is 1. The second-order valence-corrected chi connectivity index (χ2v) is 7.38. The summed E-state index contributed by atoms with van der Waals surface area (Å²) in [5.74, 6) is 1.36. The van der Waals surface area contributed by atoms with Gasteiger partial charge in [-0.15, -0.1) is 11.3 Å². The smallest absolute Gasteiger partial charge is 0.222 e. The van der Waals surface area contributed by atoms with Crippen molar-refractivity contribution in [2.75, 3.05) is 0 Å². The van der Waals surface area contributed by atoms with Crippen LogP contribution in [0.2, 0.25) is 0 Å². The van der Waals surface area contributed by atoms with Gasteiger partial charge in [0.1, 0.15) is 16.7 Å². The van der Waals surface area contributed by atoms with E-state index in [-0.39, 0.29) is 11.8 Å². The molecule has 25 heavy (non-hydrogen) atoms. The predicted octanol–water partition coefficient (Wildman–Crippen LogP) is 3.80. The fourth-order valence-electron chi connectivity index (χ4n) is 2.63. The summed E-state index contributed by atoms with van der Waals surface area (Å²) in [7, 11) is 0. The first-order chi connectivity index (χ1) is 12.2. The maximum absolute atomic E-state index is 11.3. The van der Waals surface area contributed by atoms with Crippen molar-refractivity contribution in [3.05, 3.63) is 46.1 Å². The van der Waals surface area contributed by atoms with Gasteiger partial charge >= 0.3 is 0 Å². The number of rotatable bonds is 4. The van der Waals surface area contributed by atoms with Gasteiger partial charge in [-0.3, -0.25) is 4.79 Å². The van der Waals surface area contributed by atoms with E-state index < -0.39 is 0 Å². The number of thiophene rings is 1. The van der Waals surface area contributed by atoms with E-state index in [9.17, 15) is 4.79 Å². The summed E-state index contributed by atoms with van der Waals surface area (Å²) in [6, 6.07) is 2.07. The summed E-state index contributed by atoms with van der Waals surface area (Å²) in [6.45, 7) is 1.48.